The molecule has 0 radical (unpaired) electrons. The van der Waals surface area contributed by atoms with Crippen LogP contribution in [0, 0.1) is 27.7 Å². The van der Waals surface area contributed by atoms with E-state index in [-0.39, 0.29) is 21.7 Å². The molecule has 0 saturated heterocycles. The van der Waals surface area contributed by atoms with E-state index in [1.807, 2.05) is 12.4 Å². The quantitative estimate of drug-likeness (QED) is 0.167. The smallest absolute Gasteiger partial charge is 0.164 e. The Balaban J connectivity index is 1.25. The maximum Gasteiger partial charge on any atom is 0.164 e. The standard InChI is InChI=1S/C70H72N6/c1-41-17-22-58-52(29-41)53-30-42(2)18-23-59(53)75(58)62-26-21-45(37-56(62)57-40-71-28-27-63(57)76-60-24-19-43(3)31-54(60)55-32-44(4)20-25-61(55)76)64-72-65(46-33-48(67(5,6)7)38-49(34-46)68(8,9)10)74-66(73-64)47-35-50(69(11,12)13)39-51(36-47)70(14,15)16/h17-40H,1-16H3. The maximum atomic E-state index is 5.56. The van der Waals surface area contributed by atoms with E-state index in [4.69, 9.17) is 19.9 Å². The fraction of sp³-hybridized carbons (Fsp3) is 0.286. The molecule has 0 spiro atoms. The summed E-state index contributed by atoms with van der Waals surface area (Å²) in [7, 11) is 0. The number of benzene rings is 7. The lowest BCUT2D eigenvalue weighted by Crippen LogP contribution is -2.17. The van der Waals surface area contributed by atoms with Crippen molar-refractivity contribution in [1.29, 1.82) is 0 Å². The van der Waals surface area contributed by atoms with Crippen molar-refractivity contribution in [3.8, 4) is 56.7 Å². The normalized spacial score (nSPS) is 12.7. The Morgan fingerprint density at radius 2 is 0.645 bits per heavy atom. The summed E-state index contributed by atoms with van der Waals surface area (Å²) in [6.45, 7) is 36.1. The summed E-state index contributed by atoms with van der Waals surface area (Å²) in [6, 6.07) is 50.1. The molecule has 6 heteroatoms. The fourth-order valence-electron chi connectivity index (χ4n) is 10.9. The van der Waals surface area contributed by atoms with Gasteiger partial charge in [-0.05, 0) is 169 Å². The van der Waals surface area contributed by atoms with E-state index in [0.717, 1.165) is 61.3 Å². The van der Waals surface area contributed by atoms with Crippen molar-refractivity contribution in [2.45, 2.75) is 132 Å². The number of rotatable bonds is 6. The minimum atomic E-state index is -0.109. The zero-order valence-electron chi connectivity index (χ0n) is 47.5. The van der Waals surface area contributed by atoms with Crippen molar-refractivity contribution >= 4 is 43.6 Å². The zero-order valence-corrected chi connectivity index (χ0v) is 47.5. The zero-order chi connectivity index (χ0) is 54.0. The molecule has 0 aliphatic heterocycles. The minimum Gasteiger partial charge on any atom is -0.309 e. The van der Waals surface area contributed by atoms with Gasteiger partial charge in [0.05, 0.1) is 33.4 Å². The number of fused-ring (bicyclic) bond motifs is 6. The van der Waals surface area contributed by atoms with Gasteiger partial charge in [0.1, 0.15) is 0 Å². The van der Waals surface area contributed by atoms with E-state index in [2.05, 4.69) is 253 Å². The Morgan fingerprint density at radius 3 is 0.987 bits per heavy atom. The largest absolute Gasteiger partial charge is 0.309 e. The summed E-state index contributed by atoms with van der Waals surface area (Å²) in [5, 5.41) is 4.90. The number of hydrogen-bond acceptors (Lipinski definition) is 4. The Bertz CT molecular complexity index is 3860. The van der Waals surface area contributed by atoms with Crippen molar-refractivity contribution in [2.75, 3.05) is 0 Å². The first-order chi connectivity index (χ1) is 35.8. The third-order valence-electron chi connectivity index (χ3n) is 15.5. The predicted octanol–water partition coefficient (Wildman–Crippen LogP) is 18.6. The Labute approximate surface area is 450 Å². The molecule has 7 aromatic carbocycles. The first-order valence-electron chi connectivity index (χ1n) is 27.0. The summed E-state index contributed by atoms with van der Waals surface area (Å²) in [5.41, 5.74) is 20.9. The molecule has 0 saturated carbocycles. The van der Waals surface area contributed by atoms with Gasteiger partial charge in [-0.1, -0.05) is 142 Å². The highest BCUT2D eigenvalue weighted by atomic mass is 15.0. The van der Waals surface area contributed by atoms with Crippen LogP contribution in [0.25, 0.3) is 100 Å². The number of pyridine rings is 1. The van der Waals surface area contributed by atoms with Crippen molar-refractivity contribution in [3.63, 3.8) is 0 Å². The molecule has 0 fully saturated rings. The first-order valence-corrected chi connectivity index (χ1v) is 27.0. The van der Waals surface area contributed by atoms with Crippen LogP contribution in [0.3, 0.4) is 0 Å². The maximum absolute atomic E-state index is 5.56. The van der Waals surface area contributed by atoms with E-state index >= 15 is 0 Å². The van der Waals surface area contributed by atoms with Gasteiger partial charge in [-0.15, -0.1) is 0 Å². The SMILES string of the molecule is Cc1ccc2c(c1)c1cc(C)ccc1n2-c1ccncc1-c1cc(-c2nc(-c3cc(C(C)(C)C)cc(C(C)(C)C)c3)nc(-c3cc(C(C)(C)C)cc(C(C)(C)C)c3)n2)ccc1-n1c2ccc(C)cc2c2cc(C)ccc21. The molecule has 0 bridgehead atoms. The number of hydrogen-bond donors (Lipinski definition) is 0. The van der Waals surface area contributed by atoms with Gasteiger partial charge in [0, 0.05) is 61.8 Å². The van der Waals surface area contributed by atoms with E-state index in [1.54, 1.807) is 0 Å². The van der Waals surface area contributed by atoms with Crippen molar-refractivity contribution in [2.24, 2.45) is 0 Å². The Kier molecular flexibility index (Phi) is 11.9. The molecule has 6 nitrogen and oxygen atoms in total. The summed E-state index contributed by atoms with van der Waals surface area (Å²) in [5.74, 6) is 1.89. The summed E-state index contributed by atoms with van der Waals surface area (Å²) in [4.78, 5) is 21.6. The van der Waals surface area contributed by atoms with Crippen LogP contribution in [0.5, 0.6) is 0 Å². The molecule has 11 rings (SSSR count). The topological polar surface area (TPSA) is 61.4 Å². The van der Waals surface area contributed by atoms with Crippen molar-refractivity contribution in [1.82, 2.24) is 29.1 Å². The highest BCUT2D eigenvalue weighted by molar-refractivity contribution is 6.12. The van der Waals surface area contributed by atoms with Crippen LogP contribution in [-0.2, 0) is 21.7 Å². The van der Waals surface area contributed by atoms with Gasteiger partial charge in [-0.2, -0.15) is 0 Å². The van der Waals surface area contributed by atoms with Crippen LogP contribution in [0.4, 0.5) is 0 Å². The van der Waals surface area contributed by atoms with Crippen LogP contribution >= 0.6 is 0 Å². The molecule has 0 aliphatic carbocycles. The van der Waals surface area contributed by atoms with Crippen molar-refractivity contribution in [3.05, 3.63) is 190 Å². The average Bonchev–Trinajstić information content (AvgIpc) is 3.88. The van der Waals surface area contributed by atoms with E-state index in [0.29, 0.717) is 17.5 Å². The number of aromatic nitrogens is 6. The summed E-state index contributed by atoms with van der Waals surface area (Å²) < 4.78 is 4.87. The second-order valence-corrected chi connectivity index (χ2v) is 25.8. The molecule has 76 heavy (non-hydrogen) atoms. The molecule has 4 heterocycles. The second kappa shape index (κ2) is 18.0. The summed E-state index contributed by atoms with van der Waals surface area (Å²) >= 11 is 0. The number of aryl methyl sites for hydroxylation is 4. The van der Waals surface area contributed by atoms with E-state index in [9.17, 15) is 0 Å². The number of nitrogens with zero attached hydrogens (tertiary/aromatic N) is 6. The summed E-state index contributed by atoms with van der Waals surface area (Å²) in [6.07, 6.45) is 3.97. The highest BCUT2D eigenvalue weighted by Gasteiger charge is 2.27. The van der Waals surface area contributed by atoms with Gasteiger partial charge in [0.2, 0.25) is 0 Å². The fourth-order valence-corrected chi connectivity index (χ4v) is 10.9. The van der Waals surface area contributed by atoms with Crippen LogP contribution in [0.2, 0.25) is 0 Å². The lowest BCUT2D eigenvalue weighted by Gasteiger charge is -2.26. The third kappa shape index (κ3) is 9.10. The molecule has 0 aliphatic rings. The van der Waals surface area contributed by atoms with Crippen LogP contribution in [-0.4, -0.2) is 29.1 Å². The Hall–Kier alpha value is -7.70. The first kappa shape index (κ1) is 50.5. The molecular weight excluding hydrogens is 925 g/mol. The minimum absolute atomic E-state index is 0.109. The molecule has 0 amide bonds. The molecule has 0 unspecified atom stereocenters. The van der Waals surface area contributed by atoms with Gasteiger partial charge in [0.15, 0.2) is 17.5 Å². The molecular formula is C70H72N6. The van der Waals surface area contributed by atoms with Gasteiger partial charge in [0.25, 0.3) is 0 Å². The van der Waals surface area contributed by atoms with Crippen LogP contribution in [0.15, 0.2) is 146 Å². The average molecular weight is 997 g/mol. The van der Waals surface area contributed by atoms with Crippen molar-refractivity contribution < 1.29 is 0 Å². The lowest BCUT2D eigenvalue weighted by atomic mass is 9.79. The second-order valence-electron chi connectivity index (χ2n) is 25.8. The molecule has 0 atom stereocenters. The molecule has 11 aromatic rings. The molecule has 382 valence electrons. The lowest BCUT2D eigenvalue weighted by molar-refractivity contribution is 0.568. The van der Waals surface area contributed by atoms with Gasteiger partial charge >= 0.3 is 0 Å². The third-order valence-corrected chi connectivity index (χ3v) is 15.5. The molecule has 4 aromatic heterocycles. The van der Waals surface area contributed by atoms with Crippen LogP contribution in [0.1, 0.15) is 128 Å². The van der Waals surface area contributed by atoms with Crippen LogP contribution < -0.4 is 0 Å². The Morgan fingerprint density at radius 1 is 0.316 bits per heavy atom. The van der Waals surface area contributed by atoms with E-state index in [1.165, 1.54) is 66.1 Å². The van der Waals surface area contributed by atoms with E-state index < -0.39 is 0 Å². The predicted molar refractivity (Wildman–Crippen MR) is 322 cm³/mol. The molecule has 0 N–H and O–H groups in total. The van der Waals surface area contributed by atoms with Gasteiger partial charge < -0.3 is 9.13 Å². The van der Waals surface area contributed by atoms with Gasteiger partial charge in [-0.3, -0.25) is 4.98 Å². The monoisotopic (exact) mass is 997 g/mol. The highest BCUT2D eigenvalue weighted by Crippen LogP contribution is 2.44. The van der Waals surface area contributed by atoms with Gasteiger partial charge in [-0.25, -0.2) is 15.0 Å².